The number of hydrogen-bond acceptors (Lipinski definition) is 8. The predicted octanol–water partition coefficient (Wildman–Crippen LogP) is 1.31. The SMILES string of the molecule is O=C1NC(N2CCOC(C(F)(F)F)C2)NC(N[C@@H]2CCCNC2)C1c1nc2ccccc2s1. The first-order valence-corrected chi connectivity index (χ1v) is 12.0. The van der Waals surface area contributed by atoms with Crippen LogP contribution in [0.3, 0.4) is 0 Å². The van der Waals surface area contributed by atoms with E-state index in [1.54, 1.807) is 4.90 Å². The summed E-state index contributed by atoms with van der Waals surface area (Å²) in [6.07, 6.45) is -5.56. The topological polar surface area (TPSA) is 90.6 Å². The molecule has 3 aliphatic rings. The molecule has 0 aliphatic carbocycles. The minimum absolute atomic E-state index is 0.0514. The van der Waals surface area contributed by atoms with Crippen LogP contribution in [0.1, 0.15) is 23.8 Å². The van der Waals surface area contributed by atoms with Crippen molar-refractivity contribution in [3.8, 4) is 0 Å². The van der Waals surface area contributed by atoms with Crippen LogP contribution >= 0.6 is 11.3 Å². The van der Waals surface area contributed by atoms with E-state index in [0.717, 1.165) is 36.1 Å². The number of alkyl halides is 3. The van der Waals surface area contributed by atoms with E-state index in [2.05, 4.69) is 21.3 Å². The molecule has 4 heterocycles. The number of para-hydroxylation sites is 1. The summed E-state index contributed by atoms with van der Waals surface area (Å²) < 4.78 is 45.6. The van der Waals surface area contributed by atoms with Crippen LogP contribution in [0.4, 0.5) is 13.2 Å². The monoisotopic (exact) mass is 484 g/mol. The minimum Gasteiger partial charge on any atom is -0.366 e. The highest BCUT2D eigenvalue weighted by molar-refractivity contribution is 7.18. The summed E-state index contributed by atoms with van der Waals surface area (Å²) in [5.41, 5.74) is 0.826. The molecule has 3 aliphatic heterocycles. The van der Waals surface area contributed by atoms with Gasteiger partial charge in [-0.1, -0.05) is 12.1 Å². The number of aromatic nitrogens is 1. The fourth-order valence-electron chi connectivity index (χ4n) is 4.65. The molecule has 5 rings (SSSR count). The molecule has 0 bridgehead atoms. The highest BCUT2D eigenvalue weighted by Crippen LogP contribution is 2.32. The average Bonchev–Trinajstić information content (AvgIpc) is 3.22. The maximum absolute atomic E-state index is 13.3. The van der Waals surface area contributed by atoms with Crippen molar-refractivity contribution in [2.75, 3.05) is 32.8 Å². The average molecular weight is 485 g/mol. The molecule has 0 spiro atoms. The van der Waals surface area contributed by atoms with Gasteiger partial charge in [0, 0.05) is 25.7 Å². The Morgan fingerprint density at radius 3 is 2.88 bits per heavy atom. The van der Waals surface area contributed by atoms with Gasteiger partial charge in [-0.3, -0.25) is 20.3 Å². The van der Waals surface area contributed by atoms with Gasteiger partial charge in [0.15, 0.2) is 6.10 Å². The van der Waals surface area contributed by atoms with Crippen LogP contribution in [0.25, 0.3) is 10.2 Å². The second-order valence-electron chi connectivity index (χ2n) is 8.66. The van der Waals surface area contributed by atoms with Gasteiger partial charge in [0.25, 0.3) is 0 Å². The number of ether oxygens (including phenoxy) is 1. The lowest BCUT2D eigenvalue weighted by Gasteiger charge is -2.45. The lowest BCUT2D eigenvalue weighted by molar-refractivity contribution is -0.241. The molecule has 1 aromatic heterocycles. The van der Waals surface area contributed by atoms with E-state index in [9.17, 15) is 18.0 Å². The molecule has 180 valence electrons. The number of piperidine rings is 1. The molecule has 4 N–H and O–H groups in total. The molecule has 33 heavy (non-hydrogen) atoms. The van der Waals surface area contributed by atoms with Crippen LogP contribution in [0.15, 0.2) is 24.3 Å². The lowest BCUT2D eigenvalue weighted by atomic mass is 10.00. The van der Waals surface area contributed by atoms with Crippen molar-refractivity contribution in [1.82, 2.24) is 31.2 Å². The van der Waals surface area contributed by atoms with Gasteiger partial charge in [-0.15, -0.1) is 11.3 Å². The Morgan fingerprint density at radius 1 is 1.27 bits per heavy atom. The highest BCUT2D eigenvalue weighted by atomic mass is 32.1. The number of carbonyl (C=O) groups excluding carboxylic acids is 1. The summed E-state index contributed by atoms with van der Waals surface area (Å²) in [4.78, 5) is 19.6. The molecule has 3 saturated heterocycles. The first-order valence-electron chi connectivity index (χ1n) is 11.2. The van der Waals surface area contributed by atoms with E-state index in [1.165, 1.54) is 11.3 Å². The first-order chi connectivity index (χ1) is 15.9. The molecule has 1 aromatic carbocycles. The molecule has 5 atom stereocenters. The van der Waals surface area contributed by atoms with E-state index in [4.69, 9.17) is 9.72 Å². The Labute approximate surface area is 193 Å². The number of thiazole rings is 1. The molecule has 1 amide bonds. The van der Waals surface area contributed by atoms with Crippen LogP contribution in [-0.2, 0) is 9.53 Å². The van der Waals surface area contributed by atoms with Crippen molar-refractivity contribution >= 4 is 27.5 Å². The third kappa shape index (κ3) is 5.00. The van der Waals surface area contributed by atoms with Gasteiger partial charge < -0.3 is 15.4 Å². The number of morpholine rings is 1. The molecule has 2 aromatic rings. The van der Waals surface area contributed by atoms with Crippen LogP contribution in [-0.4, -0.2) is 79.4 Å². The van der Waals surface area contributed by atoms with Gasteiger partial charge in [-0.2, -0.15) is 13.2 Å². The summed E-state index contributed by atoms with van der Waals surface area (Å²) in [5, 5.41) is 13.8. The van der Waals surface area contributed by atoms with E-state index < -0.39 is 30.7 Å². The quantitative estimate of drug-likeness (QED) is 0.521. The normalized spacial score (nSPS) is 32.1. The molecule has 0 radical (unpaired) electrons. The predicted molar refractivity (Wildman–Crippen MR) is 118 cm³/mol. The Hall–Kier alpha value is -1.83. The fourth-order valence-corrected chi connectivity index (χ4v) is 5.76. The zero-order chi connectivity index (χ0) is 23.0. The van der Waals surface area contributed by atoms with E-state index in [-0.39, 0.29) is 31.6 Å². The lowest BCUT2D eigenvalue weighted by Crippen LogP contribution is -2.72. The maximum atomic E-state index is 13.3. The second kappa shape index (κ2) is 9.43. The minimum atomic E-state index is -4.45. The molecule has 12 heteroatoms. The zero-order valence-corrected chi connectivity index (χ0v) is 18.7. The van der Waals surface area contributed by atoms with E-state index in [1.807, 2.05) is 24.3 Å². The van der Waals surface area contributed by atoms with Crippen molar-refractivity contribution in [2.45, 2.75) is 49.5 Å². The molecular weight excluding hydrogens is 457 g/mol. The molecule has 8 nitrogen and oxygen atoms in total. The summed E-state index contributed by atoms with van der Waals surface area (Å²) in [6, 6.07) is 7.85. The number of benzene rings is 1. The standard InChI is InChI=1S/C21H27F3N6O2S/c22-21(23,24)15-11-30(8-9-32-15)20-28-17(26-12-4-3-7-25-10-12)16(18(31)29-20)19-27-13-5-1-2-6-14(13)33-19/h1-2,5-6,12,15-17,20,25-26,28H,3-4,7-11H2,(H,29,31)/t12-,15?,16?,17?,20?/m1/s1. The van der Waals surface area contributed by atoms with Crippen LogP contribution in [0.5, 0.6) is 0 Å². The molecular formula is C21H27F3N6O2S. The summed E-state index contributed by atoms with van der Waals surface area (Å²) in [6.45, 7) is 1.61. The Morgan fingerprint density at radius 2 is 2.12 bits per heavy atom. The van der Waals surface area contributed by atoms with Crippen molar-refractivity contribution < 1.29 is 22.7 Å². The number of hydrogen-bond donors (Lipinski definition) is 4. The number of carbonyl (C=O) groups is 1. The summed E-state index contributed by atoms with van der Waals surface area (Å²) in [7, 11) is 0. The van der Waals surface area contributed by atoms with Crippen molar-refractivity contribution in [3.05, 3.63) is 29.3 Å². The maximum Gasteiger partial charge on any atom is 0.415 e. The van der Waals surface area contributed by atoms with Gasteiger partial charge in [-0.05, 0) is 31.5 Å². The van der Waals surface area contributed by atoms with E-state index in [0.29, 0.717) is 5.01 Å². The number of rotatable bonds is 4. The van der Waals surface area contributed by atoms with Crippen LogP contribution < -0.4 is 21.3 Å². The largest absolute Gasteiger partial charge is 0.415 e. The molecule has 3 fully saturated rings. The van der Waals surface area contributed by atoms with Crippen molar-refractivity contribution in [2.24, 2.45) is 0 Å². The Kier molecular flexibility index (Phi) is 6.56. The number of amides is 1. The molecule has 0 saturated carbocycles. The summed E-state index contributed by atoms with van der Waals surface area (Å²) >= 11 is 1.46. The van der Waals surface area contributed by atoms with Gasteiger partial charge in [0.05, 0.1) is 23.0 Å². The van der Waals surface area contributed by atoms with Crippen molar-refractivity contribution in [1.29, 1.82) is 0 Å². The second-order valence-corrected chi connectivity index (χ2v) is 9.72. The molecule has 4 unspecified atom stereocenters. The van der Waals surface area contributed by atoms with Gasteiger partial charge in [-0.25, -0.2) is 4.98 Å². The third-order valence-electron chi connectivity index (χ3n) is 6.35. The van der Waals surface area contributed by atoms with Crippen molar-refractivity contribution in [3.63, 3.8) is 0 Å². The number of fused-ring (bicyclic) bond motifs is 1. The Balaban J connectivity index is 1.39. The number of nitrogens with zero attached hydrogens (tertiary/aromatic N) is 2. The zero-order valence-electron chi connectivity index (χ0n) is 17.9. The van der Waals surface area contributed by atoms with Gasteiger partial charge in [0.2, 0.25) is 5.91 Å². The van der Waals surface area contributed by atoms with E-state index >= 15 is 0 Å². The highest BCUT2D eigenvalue weighted by Gasteiger charge is 2.47. The third-order valence-corrected chi connectivity index (χ3v) is 7.47. The fraction of sp³-hybridized carbons (Fsp3) is 0.619. The smallest absolute Gasteiger partial charge is 0.366 e. The number of halogens is 3. The van der Waals surface area contributed by atoms with Crippen LogP contribution in [0.2, 0.25) is 0 Å². The summed E-state index contributed by atoms with van der Waals surface area (Å²) in [5.74, 6) is -0.853. The Bertz CT molecular complexity index is 949. The van der Waals surface area contributed by atoms with Crippen LogP contribution in [0, 0.1) is 0 Å². The number of nitrogens with one attached hydrogen (secondary N) is 4. The van der Waals surface area contributed by atoms with Gasteiger partial charge in [0.1, 0.15) is 17.2 Å². The first kappa shape index (κ1) is 22.9. The van der Waals surface area contributed by atoms with Gasteiger partial charge >= 0.3 is 6.18 Å².